The van der Waals surface area contributed by atoms with Crippen LogP contribution >= 0.6 is 0 Å². The van der Waals surface area contributed by atoms with Crippen LogP contribution in [0, 0.1) is 13.8 Å². The molecule has 0 radical (unpaired) electrons. The smallest absolute Gasteiger partial charge is 0.334 e. The molecule has 0 bridgehead atoms. The fourth-order valence-corrected chi connectivity index (χ4v) is 2.65. The lowest BCUT2D eigenvalue weighted by Crippen LogP contribution is -2.02. The average molecular weight is 348 g/mol. The number of carbonyl (C=O) groups is 2. The highest BCUT2D eigenvalue weighted by molar-refractivity contribution is 6.10. The third-order valence-electron chi connectivity index (χ3n) is 3.92. The lowest BCUT2D eigenvalue weighted by molar-refractivity contribution is -0.137. The molecule has 0 saturated carbocycles. The van der Waals surface area contributed by atoms with Crippen LogP contribution in [0.3, 0.4) is 0 Å². The second-order valence-corrected chi connectivity index (χ2v) is 5.67. The number of esters is 1. The molecule has 0 fully saturated rings. The first kappa shape index (κ1) is 18.4. The van der Waals surface area contributed by atoms with E-state index < -0.39 is 11.8 Å². The Morgan fingerprint density at radius 1 is 1.16 bits per heavy atom. The van der Waals surface area contributed by atoms with Crippen LogP contribution in [-0.2, 0) is 16.0 Å². The number of furan rings is 1. The van der Waals surface area contributed by atoms with Crippen LogP contribution in [0.25, 0.3) is 11.0 Å². The van der Waals surface area contributed by atoms with E-state index in [1.807, 2.05) is 0 Å². The molecule has 1 aromatic heterocycles. The van der Waals surface area contributed by atoms with Gasteiger partial charge in [-0.3, -0.25) is 4.79 Å². The summed E-state index contributed by atoms with van der Waals surface area (Å²) >= 11 is 0. The van der Waals surface area contributed by atoms with Gasteiger partial charge in [0.2, 0.25) is 0 Å². The number of fused-ring (bicyclic) bond motifs is 1. The van der Waals surface area contributed by atoms with E-state index in [-0.39, 0.29) is 52.8 Å². The number of aryl methyl sites for hydroxylation is 1. The van der Waals surface area contributed by atoms with Gasteiger partial charge in [-0.05, 0) is 27.7 Å². The highest BCUT2D eigenvalue weighted by Gasteiger charge is 2.25. The first-order chi connectivity index (χ1) is 11.7. The number of Topliss-reactive ketones (excluding diaryl/α,β-unsaturated/α-hetero) is 1. The summed E-state index contributed by atoms with van der Waals surface area (Å²) in [5.74, 6) is -1.67. The molecule has 2 rings (SSSR count). The topological polar surface area (TPSA) is 117 Å². The average Bonchev–Trinajstić information content (AvgIpc) is 2.81. The Bertz CT molecular complexity index is 887. The highest BCUT2D eigenvalue weighted by atomic mass is 16.5. The fourth-order valence-electron chi connectivity index (χ4n) is 2.65. The van der Waals surface area contributed by atoms with Gasteiger partial charge in [0.25, 0.3) is 0 Å². The Hall–Kier alpha value is -2.96. The van der Waals surface area contributed by atoms with Crippen molar-refractivity contribution in [3.8, 4) is 11.5 Å². The molecule has 0 unspecified atom stereocenters. The van der Waals surface area contributed by atoms with Gasteiger partial charge < -0.3 is 24.5 Å². The molecule has 0 aliphatic heterocycles. The van der Waals surface area contributed by atoms with Gasteiger partial charge in [-0.2, -0.15) is 0 Å². The van der Waals surface area contributed by atoms with E-state index in [4.69, 9.17) is 9.15 Å². The summed E-state index contributed by atoms with van der Waals surface area (Å²) in [5.41, 5.74) is 0.680. The molecule has 134 valence electrons. The quantitative estimate of drug-likeness (QED) is 0.329. The third-order valence-corrected chi connectivity index (χ3v) is 3.92. The molecule has 7 nitrogen and oxygen atoms in total. The SMILES string of the molecule is CCOC(=O)C=C(O)Cc1oc2c(C(C)=O)c(O)c(C)c(O)c2c1C. The van der Waals surface area contributed by atoms with Crippen molar-refractivity contribution in [3.63, 3.8) is 0 Å². The number of ether oxygens (including phenoxy) is 1. The molecule has 0 atom stereocenters. The van der Waals surface area contributed by atoms with E-state index in [1.165, 1.54) is 13.8 Å². The van der Waals surface area contributed by atoms with Gasteiger partial charge in [0.15, 0.2) is 11.4 Å². The minimum absolute atomic E-state index is 0.0338. The third kappa shape index (κ3) is 3.31. The molecular formula is C18H20O7. The number of hydrogen-bond acceptors (Lipinski definition) is 7. The highest BCUT2D eigenvalue weighted by Crippen LogP contribution is 2.43. The number of aromatic hydroxyl groups is 2. The van der Waals surface area contributed by atoms with Gasteiger partial charge in [0, 0.05) is 11.1 Å². The molecule has 0 saturated heterocycles. The summed E-state index contributed by atoms with van der Waals surface area (Å²) in [6.45, 7) is 6.24. The van der Waals surface area contributed by atoms with Gasteiger partial charge in [-0.25, -0.2) is 4.79 Å². The van der Waals surface area contributed by atoms with Crippen molar-refractivity contribution < 1.29 is 34.1 Å². The van der Waals surface area contributed by atoms with Crippen molar-refractivity contribution in [1.82, 2.24) is 0 Å². The number of benzene rings is 1. The molecule has 0 spiro atoms. The number of carbonyl (C=O) groups excluding carboxylic acids is 2. The molecule has 0 aliphatic rings. The lowest BCUT2D eigenvalue weighted by atomic mass is 9.99. The zero-order valence-electron chi connectivity index (χ0n) is 14.5. The van der Waals surface area contributed by atoms with Gasteiger partial charge in [-0.15, -0.1) is 0 Å². The largest absolute Gasteiger partial charge is 0.512 e. The Kier molecular flexibility index (Phi) is 5.06. The van der Waals surface area contributed by atoms with Crippen LogP contribution in [0.5, 0.6) is 11.5 Å². The van der Waals surface area contributed by atoms with Gasteiger partial charge >= 0.3 is 5.97 Å². The number of hydrogen-bond donors (Lipinski definition) is 3. The van der Waals surface area contributed by atoms with Crippen molar-refractivity contribution in [1.29, 1.82) is 0 Å². The second-order valence-electron chi connectivity index (χ2n) is 5.67. The van der Waals surface area contributed by atoms with Crippen molar-refractivity contribution in [3.05, 3.63) is 34.3 Å². The summed E-state index contributed by atoms with van der Waals surface area (Å²) in [6.07, 6.45) is 0.806. The number of ketones is 1. The zero-order chi connectivity index (χ0) is 18.9. The van der Waals surface area contributed by atoms with Crippen LogP contribution < -0.4 is 0 Å². The summed E-state index contributed by atoms with van der Waals surface area (Å²) in [7, 11) is 0. The zero-order valence-corrected chi connectivity index (χ0v) is 14.5. The standard InChI is InChI=1S/C18H20O7/c1-5-24-13(21)7-11(20)6-12-8(2)14-16(22)9(3)17(23)15(10(4)19)18(14)25-12/h7,20,22-23H,5-6H2,1-4H3. The van der Waals surface area contributed by atoms with Gasteiger partial charge in [-0.1, -0.05) is 0 Å². The summed E-state index contributed by atoms with van der Waals surface area (Å²) in [5, 5.41) is 30.7. The minimum atomic E-state index is -0.686. The maximum atomic E-state index is 11.9. The number of phenolic OH excluding ortho intramolecular Hbond substituents is 2. The molecule has 1 heterocycles. The van der Waals surface area contributed by atoms with Crippen LogP contribution in [0.1, 0.15) is 41.1 Å². The molecule has 3 N–H and O–H groups in total. The van der Waals surface area contributed by atoms with Crippen molar-refractivity contribution in [2.45, 2.75) is 34.1 Å². The Labute approximate surface area is 144 Å². The molecule has 1 aromatic carbocycles. The van der Waals surface area contributed by atoms with E-state index in [0.717, 1.165) is 6.08 Å². The maximum Gasteiger partial charge on any atom is 0.334 e. The predicted octanol–water partition coefficient (Wildman–Crippen LogP) is 3.21. The molecular weight excluding hydrogens is 328 g/mol. The Morgan fingerprint density at radius 2 is 1.80 bits per heavy atom. The number of phenols is 2. The van der Waals surface area contributed by atoms with E-state index in [9.17, 15) is 24.9 Å². The van der Waals surface area contributed by atoms with Crippen molar-refractivity contribution in [2.24, 2.45) is 0 Å². The summed E-state index contributed by atoms with van der Waals surface area (Å²) < 4.78 is 10.3. The summed E-state index contributed by atoms with van der Waals surface area (Å²) in [6, 6.07) is 0. The van der Waals surface area contributed by atoms with E-state index >= 15 is 0 Å². The van der Waals surface area contributed by atoms with Crippen LogP contribution in [0.4, 0.5) is 0 Å². The monoisotopic (exact) mass is 348 g/mol. The lowest BCUT2D eigenvalue weighted by Gasteiger charge is -2.08. The first-order valence-corrected chi connectivity index (χ1v) is 7.72. The molecule has 7 heteroatoms. The van der Waals surface area contributed by atoms with E-state index in [0.29, 0.717) is 10.9 Å². The second kappa shape index (κ2) is 6.88. The van der Waals surface area contributed by atoms with E-state index in [2.05, 4.69) is 0 Å². The maximum absolute atomic E-state index is 11.9. The van der Waals surface area contributed by atoms with Crippen molar-refractivity contribution in [2.75, 3.05) is 6.61 Å². The van der Waals surface area contributed by atoms with Crippen LogP contribution in [0.2, 0.25) is 0 Å². The minimum Gasteiger partial charge on any atom is -0.512 e. The van der Waals surface area contributed by atoms with Gasteiger partial charge in [0.1, 0.15) is 28.6 Å². The van der Waals surface area contributed by atoms with Crippen LogP contribution in [0.15, 0.2) is 16.3 Å². The van der Waals surface area contributed by atoms with Crippen molar-refractivity contribution >= 4 is 22.7 Å². The van der Waals surface area contributed by atoms with Crippen LogP contribution in [-0.4, -0.2) is 33.7 Å². The Morgan fingerprint density at radius 3 is 2.36 bits per heavy atom. The molecule has 0 aliphatic carbocycles. The number of aliphatic hydroxyl groups excluding tert-OH is 1. The first-order valence-electron chi connectivity index (χ1n) is 7.72. The normalized spacial score (nSPS) is 11.8. The van der Waals surface area contributed by atoms with Gasteiger partial charge in [0.05, 0.1) is 24.5 Å². The molecule has 2 aromatic rings. The number of aliphatic hydroxyl groups is 1. The predicted molar refractivity (Wildman–Crippen MR) is 90.1 cm³/mol. The fraction of sp³-hybridized carbons (Fsp3) is 0.333. The summed E-state index contributed by atoms with van der Waals surface area (Å²) in [4.78, 5) is 23.3. The number of allylic oxidation sites excluding steroid dienone is 1. The van der Waals surface area contributed by atoms with E-state index in [1.54, 1.807) is 13.8 Å². The molecule has 0 amide bonds. The molecule has 25 heavy (non-hydrogen) atoms. The number of rotatable bonds is 5. The Balaban J connectivity index is 2.60.